The minimum Gasteiger partial charge on any atom is -0.388 e. The molecule has 0 fully saturated rings. The van der Waals surface area contributed by atoms with Crippen LogP contribution in [0.1, 0.15) is 17.2 Å². The van der Waals surface area contributed by atoms with Gasteiger partial charge in [0.05, 0.1) is 11.1 Å². The Bertz CT molecular complexity index is 455. The number of aliphatic hydroxyl groups excluding tert-OH is 1. The highest BCUT2D eigenvalue weighted by molar-refractivity contribution is 7.99. The van der Waals surface area contributed by atoms with Crippen molar-refractivity contribution in [3.8, 4) is 0 Å². The summed E-state index contributed by atoms with van der Waals surface area (Å²) in [4.78, 5) is 4.30. The van der Waals surface area contributed by atoms with Crippen molar-refractivity contribution in [1.29, 1.82) is 0 Å². The second-order valence-corrected chi connectivity index (χ2v) is 4.95. The van der Waals surface area contributed by atoms with Gasteiger partial charge in [0.25, 0.3) is 0 Å². The molecule has 1 aromatic heterocycles. The summed E-state index contributed by atoms with van der Waals surface area (Å²) in [7, 11) is 0. The molecule has 1 N–H and O–H groups in total. The quantitative estimate of drug-likeness (QED) is 0.840. The molecule has 0 spiro atoms. The van der Waals surface area contributed by atoms with Crippen molar-refractivity contribution in [2.75, 3.05) is 5.75 Å². The molecule has 2 rings (SSSR count). The van der Waals surface area contributed by atoms with E-state index in [0.29, 0.717) is 5.75 Å². The van der Waals surface area contributed by atoms with E-state index in [1.54, 1.807) is 11.8 Å². The molecule has 1 unspecified atom stereocenters. The van der Waals surface area contributed by atoms with Crippen LogP contribution in [0.5, 0.6) is 0 Å². The molecule has 1 aromatic carbocycles. The van der Waals surface area contributed by atoms with Crippen LogP contribution in [0, 0.1) is 6.92 Å². The van der Waals surface area contributed by atoms with Crippen molar-refractivity contribution >= 4 is 11.8 Å². The lowest BCUT2D eigenvalue weighted by molar-refractivity contribution is 0.204. The number of rotatable bonds is 4. The fourth-order valence-electron chi connectivity index (χ4n) is 1.48. The summed E-state index contributed by atoms with van der Waals surface area (Å²) in [5.41, 5.74) is 2.10. The number of benzene rings is 1. The van der Waals surface area contributed by atoms with Crippen LogP contribution in [0.25, 0.3) is 0 Å². The summed E-state index contributed by atoms with van der Waals surface area (Å²) >= 11 is 1.57. The molecule has 3 heteroatoms. The topological polar surface area (TPSA) is 33.1 Å². The van der Waals surface area contributed by atoms with E-state index in [1.807, 2.05) is 55.6 Å². The molecule has 0 saturated carbocycles. The number of pyridine rings is 1. The van der Waals surface area contributed by atoms with Crippen molar-refractivity contribution in [3.05, 3.63) is 59.8 Å². The lowest BCUT2D eigenvalue weighted by Crippen LogP contribution is -2.00. The average molecular weight is 245 g/mol. The number of thioether (sulfide) groups is 1. The average Bonchev–Trinajstić information content (AvgIpc) is 2.39. The first-order valence-electron chi connectivity index (χ1n) is 5.54. The number of aliphatic hydroxyl groups is 1. The van der Waals surface area contributed by atoms with Crippen LogP contribution >= 0.6 is 11.8 Å². The van der Waals surface area contributed by atoms with Gasteiger partial charge in [0, 0.05) is 11.9 Å². The molecule has 0 aliphatic heterocycles. The zero-order valence-corrected chi connectivity index (χ0v) is 10.5. The summed E-state index contributed by atoms with van der Waals surface area (Å²) in [6.07, 6.45) is 1.40. The van der Waals surface area contributed by atoms with Crippen molar-refractivity contribution < 1.29 is 5.11 Å². The SMILES string of the molecule is Cc1ccc(SCC(O)c2ccccc2)nc1. The Morgan fingerprint density at radius 2 is 1.94 bits per heavy atom. The molecule has 0 aliphatic carbocycles. The van der Waals surface area contributed by atoms with Gasteiger partial charge in [-0.15, -0.1) is 11.8 Å². The third kappa shape index (κ3) is 3.58. The van der Waals surface area contributed by atoms with E-state index in [4.69, 9.17) is 0 Å². The maximum Gasteiger partial charge on any atom is 0.0961 e. The Hall–Kier alpha value is -1.32. The van der Waals surface area contributed by atoms with Gasteiger partial charge >= 0.3 is 0 Å². The first-order valence-corrected chi connectivity index (χ1v) is 6.53. The molecule has 88 valence electrons. The fraction of sp³-hybridized carbons (Fsp3) is 0.214. The minimum atomic E-state index is -0.440. The zero-order valence-electron chi connectivity index (χ0n) is 9.71. The number of hydrogen-bond acceptors (Lipinski definition) is 3. The molecule has 0 radical (unpaired) electrons. The van der Waals surface area contributed by atoms with E-state index >= 15 is 0 Å². The van der Waals surface area contributed by atoms with Crippen LogP contribution in [0.15, 0.2) is 53.7 Å². The number of aromatic nitrogens is 1. The fourth-order valence-corrected chi connectivity index (χ4v) is 2.29. The van der Waals surface area contributed by atoms with Crippen LogP contribution in [0.2, 0.25) is 0 Å². The van der Waals surface area contributed by atoms with Crippen LogP contribution in [-0.2, 0) is 0 Å². The van der Waals surface area contributed by atoms with Gasteiger partial charge in [0.15, 0.2) is 0 Å². The molecule has 1 atom stereocenters. The second kappa shape index (κ2) is 5.84. The molecule has 17 heavy (non-hydrogen) atoms. The highest BCUT2D eigenvalue weighted by atomic mass is 32.2. The monoisotopic (exact) mass is 245 g/mol. The van der Waals surface area contributed by atoms with Crippen molar-refractivity contribution in [1.82, 2.24) is 4.98 Å². The lowest BCUT2D eigenvalue weighted by atomic mass is 10.1. The Morgan fingerprint density at radius 1 is 1.18 bits per heavy atom. The minimum absolute atomic E-state index is 0.440. The van der Waals surface area contributed by atoms with E-state index in [0.717, 1.165) is 16.2 Å². The summed E-state index contributed by atoms with van der Waals surface area (Å²) in [5, 5.41) is 10.9. The van der Waals surface area contributed by atoms with Gasteiger partial charge in [-0.3, -0.25) is 0 Å². The molecular weight excluding hydrogens is 230 g/mol. The van der Waals surface area contributed by atoms with Gasteiger partial charge in [0.1, 0.15) is 0 Å². The van der Waals surface area contributed by atoms with Gasteiger partial charge in [-0.25, -0.2) is 4.98 Å². The Balaban J connectivity index is 1.92. The zero-order chi connectivity index (χ0) is 12.1. The van der Waals surface area contributed by atoms with E-state index in [2.05, 4.69) is 4.98 Å². The van der Waals surface area contributed by atoms with Crippen LogP contribution in [0.3, 0.4) is 0 Å². The summed E-state index contributed by atoms with van der Waals surface area (Å²) in [6, 6.07) is 13.7. The van der Waals surface area contributed by atoms with Crippen LogP contribution in [0.4, 0.5) is 0 Å². The van der Waals surface area contributed by atoms with Crippen LogP contribution < -0.4 is 0 Å². The number of hydrogen-bond donors (Lipinski definition) is 1. The van der Waals surface area contributed by atoms with Gasteiger partial charge in [0.2, 0.25) is 0 Å². The Labute approximate surface area is 106 Å². The van der Waals surface area contributed by atoms with Gasteiger partial charge in [-0.1, -0.05) is 36.4 Å². The molecule has 0 bridgehead atoms. The second-order valence-electron chi connectivity index (χ2n) is 3.91. The molecular formula is C14H15NOS. The molecule has 1 heterocycles. The van der Waals surface area contributed by atoms with E-state index in [9.17, 15) is 5.11 Å². The third-order valence-electron chi connectivity index (χ3n) is 2.46. The van der Waals surface area contributed by atoms with Gasteiger partial charge < -0.3 is 5.11 Å². The first kappa shape index (κ1) is 12.1. The largest absolute Gasteiger partial charge is 0.388 e. The molecule has 0 saturated heterocycles. The van der Waals surface area contributed by atoms with Crippen molar-refractivity contribution in [2.45, 2.75) is 18.1 Å². The molecule has 2 aromatic rings. The van der Waals surface area contributed by atoms with E-state index in [1.165, 1.54) is 0 Å². The van der Waals surface area contributed by atoms with Gasteiger partial charge in [-0.2, -0.15) is 0 Å². The first-order chi connectivity index (χ1) is 8.25. The summed E-state index contributed by atoms with van der Waals surface area (Å²) in [5.74, 6) is 0.625. The maximum atomic E-state index is 9.99. The molecule has 0 amide bonds. The van der Waals surface area contributed by atoms with E-state index < -0.39 is 6.10 Å². The molecule has 0 aliphatic rings. The predicted molar refractivity (Wildman–Crippen MR) is 71.1 cm³/mol. The van der Waals surface area contributed by atoms with Crippen molar-refractivity contribution in [2.24, 2.45) is 0 Å². The number of aryl methyl sites for hydroxylation is 1. The Kier molecular flexibility index (Phi) is 4.18. The smallest absolute Gasteiger partial charge is 0.0961 e. The van der Waals surface area contributed by atoms with Crippen molar-refractivity contribution in [3.63, 3.8) is 0 Å². The highest BCUT2D eigenvalue weighted by Crippen LogP contribution is 2.23. The Morgan fingerprint density at radius 3 is 2.59 bits per heavy atom. The number of nitrogens with zero attached hydrogens (tertiary/aromatic N) is 1. The van der Waals surface area contributed by atoms with Gasteiger partial charge in [-0.05, 0) is 24.1 Å². The third-order valence-corrected chi connectivity index (χ3v) is 3.48. The summed E-state index contributed by atoms with van der Waals surface area (Å²) in [6.45, 7) is 2.01. The molecule has 2 nitrogen and oxygen atoms in total. The van der Waals surface area contributed by atoms with E-state index in [-0.39, 0.29) is 0 Å². The van der Waals surface area contributed by atoms with Crippen LogP contribution in [-0.4, -0.2) is 15.8 Å². The maximum absolute atomic E-state index is 9.99. The lowest BCUT2D eigenvalue weighted by Gasteiger charge is -2.09. The predicted octanol–water partition coefficient (Wildman–Crippen LogP) is 3.22. The highest BCUT2D eigenvalue weighted by Gasteiger charge is 2.07. The summed E-state index contributed by atoms with van der Waals surface area (Å²) < 4.78 is 0. The normalized spacial score (nSPS) is 12.4. The standard InChI is InChI=1S/C14H15NOS/c1-11-7-8-14(15-9-11)17-10-13(16)12-5-3-2-4-6-12/h2-9,13,16H,10H2,1H3.